The number of hydrogen-bond acceptors (Lipinski definition) is 1. The molecule has 2 aliphatic rings. The van der Waals surface area contributed by atoms with Gasteiger partial charge in [0.15, 0.2) is 0 Å². The predicted molar refractivity (Wildman–Crippen MR) is 50.4 cm³/mol. The first kappa shape index (κ1) is 9.04. The number of carbonyl (C=O) groups is 1. The molecular weight excluding hydrogens is 164 g/mol. The van der Waals surface area contributed by atoms with Gasteiger partial charge in [0.1, 0.15) is 0 Å². The summed E-state index contributed by atoms with van der Waals surface area (Å²) < 4.78 is 0. The molecule has 0 unspecified atom stereocenters. The Morgan fingerprint density at radius 1 is 1.38 bits per heavy atom. The summed E-state index contributed by atoms with van der Waals surface area (Å²) in [5, 5.41) is 8.75. The standard InChI is InChI=1S/C11H18O2/c1-2-3-8-4-11(5-8)6-9(7-11)10(12)13/h8-9H,2-7H2,1H3,(H,12,13). The first-order valence-corrected chi connectivity index (χ1v) is 5.38. The smallest absolute Gasteiger partial charge is 0.306 e. The molecule has 0 heterocycles. The number of aliphatic carboxylic acids is 1. The van der Waals surface area contributed by atoms with Crippen molar-refractivity contribution in [1.29, 1.82) is 0 Å². The first-order chi connectivity index (χ1) is 6.15. The highest BCUT2D eigenvalue weighted by Gasteiger charge is 2.54. The van der Waals surface area contributed by atoms with Crippen LogP contribution in [0.2, 0.25) is 0 Å². The van der Waals surface area contributed by atoms with Gasteiger partial charge in [-0.05, 0) is 37.0 Å². The van der Waals surface area contributed by atoms with Crippen LogP contribution in [-0.4, -0.2) is 11.1 Å². The number of carboxylic acids is 1. The van der Waals surface area contributed by atoms with Crippen LogP contribution in [0.1, 0.15) is 45.4 Å². The number of carboxylic acid groups (broad SMARTS) is 1. The average Bonchev–Trinajstić information content (AvgIpc) is 1.90. The molecule has 2 nitrogen and oxygen atoms in total. The fourth-order valence-corrected chi connectivity index (χ4v) is 3.27. The van der Waals surface area contributed by atoms with E-state index in [4.69, 9.17) is 5.11 Å². The lowest BCUT2D eigenvalue weighted by molar-refractivity contribution is -0.158. The van der Waals surface area contributed by atoms with Gasteiger partial charge in [-0.15, -0.1) is 0 Å². The molecule has 2 rings (SSSR count). The van der Waals surface area contributed by atoms with E-state index in [9.17, 15) is 4.79 Å². The summed E-state index contributed by atoms with van der Waals surface area (Å²) in [5.41, 5.74) is 0.489. The summed E-state index contributed by atoms with van der Waals surface area (Å²) in [7, 11) is 0. The SMILES string of the molecule is CCCC1CC2(C1)CC(C(=O)O)C2. The van der Waals surface area contributed by atoms with E-state index in [0.717, 1.165) is 18.8 Å². The van der Waals surface area contributed by atoms with Crippen LogP contribution in [0.15, 0.2) is 0 Å². The van der Waals surface area contributed by atoms with Gasteiger partial charge in [-0.3, -0.25) is 4.79 Å². The second-order valence-electron chi connectivity index (χ2n) is 5.01. The van der Waals surface area contributed by atoms with Gasteiger partial charge in [-0.25, -0.2) is 0 Å². The Morgan fingerprint density at radius 2 is 2.00 bits per heavy atom. The van der Waals surface area contributed by atoms with E-state index >= 15 is 0 Å². The zero-order chi connectivity index (χ0) is 9.47. The topological polar surface area (TPSA) is 37.3 Å². The molecule has 2 aliphatic carbocycles. The Labute approximate surface area is 79.3 Å². The van der Waals surface area contributed by atoms with Crippen LogP contribution in [-0.2, 0) is 4.79 Å². The minimum absolute atomic E-state index is 0.0115. The fourth-order valence-electron chi connectivity index (χ4n) is 3.27. The van der Waals surface area contributed by atoms with Crippen molar-refractivity contribution < 1.29 is 9.90 Å². The van der Waals surface area contributed by atoms with Crippen molar-refractivity contribution >= 4 is 5.97 Å². The lowest BCUT2D eigenvalue weighted by Gasteiger charge is -2.57. The Hall–Kier alpha value is -0.530. The highest BCUT2D eigenvalue weighted by molar-refractivity contribution is 5.71. The van der Waals surface area contributed by atoms with Crippen molar-refractivity contribution in [3.05, 3.63) is 0 Å². The van der Waals surface area contributed by atoms with E-state index < -0.39 is 5.97 Å². The van der Waals surface area contributed by atoms with Crippen LogP contribution in [0.25, 0.3) is 0 Å². The minimum atomic E-state index is -0.579. The molecule has 0 amide bonds. The summed E-state index contributed by atoms with van der Waals surface area (Å²) >= 11 is 0. The minimum Gasteiger partial charge on any atom is -0.481 e. The van der Waals surface area contributed by atoms with Crippen LogP contribution in [0.4, 0.5) is 0 Å². The highest BCUT2D eigenvalue weighted by atomic mass is 16.4. The van der Waals surface area contributed by atoms with Crippen LogP contribution in [0, 0.1) is 17.3 Å². The van der Waals surface area contributed by atoms with Crippen molar-refractivity contribution in [2.45, 2.75) is 45.4 Å². The van der Waals surface area contributed by atoms with Gasteiger partial charge in [-0.2, -0.15) is 0 Å². The van der Waals surface area contributed by atoms with Gasteiger partial charge < -0.3 is 5.11 Å². The Morgan fingerprint density at radius 3 is 2.46 bits per heavy atom. The van der Waals surface area contributed by atoms with E-state index in [1.54, 1.807) is 0 Å². The second-order valence-corrected chi connectivity index (χ2v) is 5.01. The molecule has 0 atom stereocenters. The molecular formula is C11H18O2. The van der Waals surface area contributed by atoms with Gasteiger partial charge in [0.05, 0.1) is 5.92 Å². The van der Waals surface area contributed by atoms with Crippen molar-refractivity contribution in [3.8, 4) is 0 Å². The third kappa shape index (κ3) is 1.47. The molecule has 2 heteroatoms. The molecule has 1 spiro atoms. The molecule has 74 valence electrons. The molecule has 1 N–H and O–H groups in total. The first-order valence-electron chi connectivity index (χ1n) is 5.38. The fraction of sp³-hybridized carbons (Fsp3) is 0.909. The summed E-state index contributed by atoms with van der Waals surface area (Å²) in [6.07, 6.45) is 7.17. The lowest BCUT2D eigenvalue weighted by Crippen LogP contribution is -2.49. The van der Waals surface area contributed by atoms with E-state index in [-0.39, 0.29) is 5.92 Å². The zero-order valence-corrected chi connectivity index (χ0v) is 8.25. The third-order valence-corrected chi connectivity index (χ3v) is 3.85. The lowest BCUT2D eigenvalue weighted by atomic mass is 9.47. The number of rotatable bonds is 3. The normalized spacial score (nSPS) is 42.5. The Bertz CT molecular complexity index is 208. The van der Waals surface area contributed by atoms with Crippen molar-refractivity contribution in [1.82, 2.24) is 0 Å². The largest absolute Gasteiger partial charge is 0.481 e. The maximum Gasteiger partial charge on any atom is 0.306 e. The zero-order valence-electron chi connectivity index (χ0n) is 8.25. The summed E-state index contributed by atoms with van der Waals surface area (Å²) in [6.45, 7) is 2.23. The third-order valence-electron chi connectivity index (χ3n) is 3.85. The van der Waals surface area contributed by atoms with E-state index in [1.807, 2.05) is 0 Å². The Balaban J connectivity index is 1.73. The molecule has 2 fully saturated rings. The van der Waals surface area contributed by atoms with Gasteiger partial charge in [-0.1, -0.05) is 19.8 Å². The van der Waals surface area contributed by atoms with Gasteiger partial charge in [0, 0.05) is 0 Å². The van der Waals surface area contributed by atoms with Crippen LogP contribution >= 0.6 is 0 Å². The van der Waals surface area contributed by atoms with E-state index in [0.29, 0.717) is 5.41 Å². The molecule has 0 saturated heterocycles. The highest BCUT2D eigenvalue weighted by Crippen LogP contribution is 2.62. The number of hydrogen-bond donors (Lipinski definition) is 1. The molecule has 2 saturated carbocycles. The maximum absolute atomic E-state index is 10.6. The second kappa shape index (κ2) is 3.00. The van der Waals surface area contributed by atoms with Crippen molar-refractivity contribution in [2.75, 3.05) is 0 Å². The molecule has 0 aromatic rings. The van der Waals surface area contributed by atoms with Crippen molar-refractivity contribution in [3.63, 3.8) is 0 Å². The molecule has 13 heavy (non-hydrogen) atoms. The molecule has 0 aromatic carbocycles. The van der Waals surface area contributed by atoms with Gasteiger partial charge in [0.25, 0.3) is 0 Å². The van der Waals surface area contributed by atoms with Gasteiger partial charge in [0.2, 0.25) is 0 Å². The monoisotopic (exact) mass is 182 g/mol. The van der Waals surface area contributed by atoms with E-state index in [2.05, 4.69) is 6.92 Å². The summed E-state index contributed by atoms with van der Waals surface area (Å²) in [5.74, 6) is 0.326. The van der Waals surface area contributed by atoms with Crippen LogP contribution in [0.5, 0.6) is 0 Å². The summed E-state index contributed by atoms with van der Waals surface area (Å²) in [4.78, 5) is 10.6. The average molecular weight is 182 g/mol. The molecule has 0 bridgehead atoms. The maximum atomic E-state index is 10.6. The van der Waals surface area contributed by atoms with E-state index in [1.165, 1.54) is 25.7 Å². The quantitative estimate of drug-likeness (QED) is 0.728. The van der Waals surface area contributed by atoms with Crippen LogP contribution in [0.3, 0.4) is 0 Å². The molecule has 0 aromatic heterocycles. The molecule has 0 aliphatic heterocycles. The molecule has 0 radical (unpaired) electrons. The predicted octanol–water partition coefficient (Wildman–Crippen LogP) is 2.68. The van der Waals surface area contributed by atoms with Gasteiger partial charge >= 0.3 is 5.97 Å². The summed E-state index contributed by atoms with van der Waals surface area (Å²) in [6, 6.07) is 0. The van der Waals surface area contributed by atoms with Crippen LogP contribution < -0.4 is 0 Å². The van der Waals surface area contributed by atoms with Crippen molar-refractivity contribution in [2.24, 2.45) is 17.3 Å². The Kier molecular flexibility index (Phi) is 2.09.